The predicted octanol–water partition coefficient (Wildman–Crippen LogP) is 3.43. The summed E-state index contributed by atoms with van der Waals surface area (Å²) in [5.74, 6) is -0.247. The minimum atomic E-state index is -0.543. The smallest absolute Gasteiger partial charge is 0.311 e. The summed E-state index contributed by atoms with van der Waals surface area (Å²) in [6, 6.07) is 8.68. The third kappa shape index (κ3) is 2.19. The van der Waals surface area contributed by atoms with Gasteiger partial charge in [-0.05, 0) is 17.4 Å². The van der Waals surface area contributed by atoms with Crippen LogP contribution in [0, 0.1) is 10.1 Å². The van der Waals surface area contributed by atoms with Crippen molar-refractivity contribution < 1.29 is 10.0 Å². The molecule has 5 heteroatoms. The number of phenols is 1. The van der Waals surface area contributed by atoms with Gasteiger partial charge in [-0.2, -0.15) is 0 Å². The topological polar surface area (TPSA) is 63.4 Å². The zero-order valence-electron chi connectivity index (χ0n) is 8.89. The van der Waals surface area contributed by atoms with E-state index in [0.717, 1.165) is 21.8 Å². The molecule has 0 spiro atoms. The molecule has 0 aliphatic heterocycles. The van der Waals surface area contributed by atoms with Crippen LogP contribution in [0.4, 0.5) is 5.69 Å². The van der Waals surface area contributed by atoms with Gasteiger partial charge in [0.2, 0.25) is 5.75 Å². The average molecular weight is 343 g/mol. The molecule has 2 aromatic rings. The molecule has 0 unspecified atom stereocenters. The first-order valence-electron chi connectivity index (χ1n) is 5.09. The molecule has 0 bridgehead atoms. The first-order valence-corrected chi connectivity index (χ1v) is 6.61. The van der Waals surface area contributed by atoms with Crippen molar-refractivity contribution in [2.24, 2.45) is 0 Å². The highest BCUT2D eigenvalue weighted by molar-refractivity contribution is 14.1. The van der Waals surface area contributed by atoms with Crippen LogP contribution in [-0.2, 0) is 6.42 Å². The predicted molar refractivity (Wildman–Crippen MR) is 74.9 cm³/mol. The van der Waals surface area contributed by atoms with Crippen LogP contribution < -0.4 is 0 Å². The molecule has 0 heterocycles. The average Bonchev–Trinajstić information content (AvgIpc) is 2.33. The fourth-order valence-corrected chi connectivity index (χ4v) is 2.45. The van der Waals surface area contributed by atoms with E-state index in [0.29, 0.717) is 5.39 Å². The number of aromatic hydroxyl groups is 1. The molecule has 0 fully saturated rings. The Kier molecular flexibility index (Phi) is 3.46. The van der Waals surface area contributed by atoms with Gasteiger partial charge in [-0.25, -0.2) is 0 Å². The Bertz CT molecular complexity index is 583. The molecule has 4 nitrogen and oxygen atoms in total. The number of hydrogen-bond acceptors (Lipinski definition) is 3. The summed E-state index contributed by atoms with van der Waals surface area (Å²) in [5.41, 5.74) is 0.683. The van der Waals surface area contributed by atoms with Crippen molar-refractivity contribution in [3.05, 3.63) is 46.0 Å². The maximum absolute atomic E-state index is 10.9. The molecule has 0 saturated heterocycles. The van der Waals surface area contributed by atoms with E-state index in [9.17, 15) is 15.2 Å². The third-order valence-electron chi connectivity index (χ3n) is 2.64. The Balaban J connectivity index is 2.79. The minimum Gasteiger partial charge on any atom is -0.502 e. The second-order valence-electron chi connectivity index (χ2n) is 3.65. The lowest BCUT2D eigenvalue weighted by Crippen LogP contribution is -1.94. The highest BCUT2D eigenvalue weighted by atomic mass is 127. The quantitative estimate of drug-likeness (QED) is 0.402. The van der Waals surface area contributed by atoms with Gasteiger partial charge in [-0.1, -0.05) is 46.9 Å². The number of aryl methyl sites for hydroxylation is 1. The van der Waals surface area contributed by atoms with E-state index in [1.807, 2.05) is 12.1 Å². The third-order valence-corrected chi connectivity index (χ3v) is 3.18. The first-order chi connectivity index (χ1) is 8.15. The van der Waals surface area contributed by atoms with Gasteiger partial charge in [0.15, 0.2) is 0 Å². The summed E-state index contributed by atoms with van der Waals surface area (Å²) in [7, 11) is 0. The summed E-state index contributed by atoms with van der Waals surface area (Å²) >= 11 is 2.23. The Morgan fingerprint density at radius 2 is 1.94 bits per heavy atom. The number of nitro groups is 1. The lowest BCUT2D eigenvalue weighted by atomic mass is 10.0. The lowest BCUT2D eigenvalue weighted by Gasteiger charge is -2.07. The molecular formula is C12H10INO3. The van der Waals surface area contributed by atoms with E-state index in [2.05, 4.69) is 22.6 Å². The first kappa shape index (κ1) is 12.1. The van der Waals surface area contributed by atoms with E-state index in [-0.39, 0.29) is 11.4 Å². The Labute approximate surface area is 112 Å². The zero-order valence-corrected chi connectivity index (χ0v) is 11.0. The maximum atomic E-state index is 10.9. The number of fused-ring (bicyclic) bond motifs is 1. The highest BCUT2D eigenvalue weighted by Crippen LogP contribution is 2.36. The molecule has 0 amide bonds. The molecule has 2 rings (SSSR count). The number of benzene rings is 2. The number of rotatable bonds is 3. The number of halogens is 1. The molecule has 0 atom stereocenters. The number of nitro benzene ring substituents is 1. The van der Waals surface area contributed by atoms with Crippen molar-refractivity contribution in [1.29, 1.82) is 0 Å². The van der Waals surface area contributed by atoms with Gasteiger partial charge in [0.25, 0.3) is 0 Å². The molecular weight excluding hydrogens is 333 g/mol. The van der Waals surface area contributed by atoms with Crippen LogP contribution in [-0.4, -0.2) is 14.5 Å². The minimum absolute atomic E-state index is 0.219. The Hall–Kier alpha value is -1.37. The monoisotopic (exact) mass is 343 g/mol. The SMILES string of the molecule is O=[N+]([O-])c1cc(CCI)c2ccccc2c1O. The lowest BCUT2D eigenvalue weighted by molar-refractivity contribution is -0.385. The van der Waals surface area contributed by atoms with Gasteiger partial charge < -0.3 is 5.11 Å². The highest BCUT2D eigenvalue weighted by Gasteiger charge is 2.18. The number of phenolic OH excluding ortho intramolecular Hbond substituents is 1. The van der Waals surface area contributed by atoms with Gasteiger partial charge in [0.1, 0.15) is 0 Å². The molecule has 0 aliphatic carbocycles. The molecule has 0 aromatic heterocycles. The van der Waals surface area contributed by atoms with E-state index < -0.39 is 4.92 Å². The van der Waals surface area contributed by atoms with Crippen molar-refractivity contribution in [1.82, 2.24) is 0 Å². The summed E-state index contributed by atoms with van der Waals surface area (Å²) in [6.07, 6.45) is 0.752. The number of nitrogens with zero attached hydrogens (tertiary/aromatic N) is 1. The summed E-state index contributed by atoms with van der Waals surface area (Å²) in [4.78, 5) is 10.3. The standard InChI is InChI=1S/C12H10INO3/c13-6-5-8-7-11(14(16)17)12(15)10-4-2-1-3-9(8)10/h1-4,7,15H,5-6H2. The molecule has 2 aromatic carbocycles. The van der Waals surface area contributed by atoms with Crippen molar-refractivity contribution in [2.75, 3.05) is 4.43 Å². The van der Waals surface area contributed by atoms with Crippen LogP contribution in [0.15, 0.2) is 30.3 Å². The van der Waals surface area contributed by atoms with E-state index in [4.69, 9.17) is 0 Å². The van der Waals surface area contributed by atoms with Gasteiger partial charge in [0, 0.05) is 15.9 Å². The van der Waals surface area contributed by atoms with Crippen LogP contribution in [0.2, 0.25) is 0 Å². The van der Waals surface area contributed by atoms with Gasteiger partial charge in [-0.3, -0.25) is 10.1 Å². The maximum Gasteiger partial charge on any atom is 0.311 e. The van der Waals surface area contributed by atoms with Crippen LogP contribution in [0.5, 0.6) is 5.75 Å². The van der Waals surface area contributed by atoms with E-state index in [1.54, 1.807) is 12.1 Å². The fraction of sp³-hybridized carbons (Fsp3) is 0.167. The second kappa shape index (κ2) is 4.87. The largest absolute Gasteiger partial charge is 0.502 e. The number of hydrogen-bond donors (Lipinski definition) is 1. The van der Waals surface area contributed by atoms with E-state index in [1.165, 1.54) is 6.07 Å². The van der Waals surface area contributed by atoms with Gasteiger partial charge in [0.05, 0.1) is 4.92 Å². The Morgan fingerprint density at radius 3 is 2.53 bits per heavy atom. The van der Waals surface area contributed by atoms with Crippen LogP contribution in [0.1, 0.15) is 5.56 Å². The van der Waals surface area contributed by atoms with Crippen molar-refractivity contribution in [2.45, 2.75) is 6.42 Å². The molecule has 17 heavy (non-hydrogen) atoms. The number of alkyl halides is 1. The molecule has 1 N–H and O–H groups in total. The molecule has 88 valence electrons. The van der Waals surface area contributed by atoms with Gasteiger partial charge >= 0.3 is 5.69 Å². The van der Waals surface area contributed by atoms with Crippen molar-refractivity contribution in [3.63, 3.8) is 0 Å². The normalized spacial score (nSPS) is 10.6. The van der Waals surface area contributed by atoms with Crippen LogP contribution >= 0.6 is 22.6 Å². The summed E-state index contributed by atoms with van der Waals surface area (Å²) in [5, 5.41) is 22.2. The van der Waals surface area contributed by atoms with Crippen molar-refractivity contribution in [3.8, 4) is 5.75 Å². The molecule has 0 radical (unpaired) electrons. The summed E-state index contributed by atoms with van der Waals surface area (Å²) in [6.45, 7) is 0. The second-order valence-corrected chi connectivity index (χ2v) is 4.72. The fourth-order valence-electron chi connectivity index (χ4n) is 1.87. The van der Waals surface area contributed by atoms with Crippen molar-refractivity contribution >= 4 is 39.1 Å². The molecule has 0 aliphatic rings. The summed E-state index contributed by atoms with van der Waals surface area (Å²) < 4.78 is 0.879. The van der Waals surface area contributed by atoms with Crippen LogP contribution in [0.3, 0.4) is 0 Å². The van der Waals surface area contributed by atoms with Crippen LogP contribution in [0.25, 0.3) is 10.8 Å². The van der Waals surface area contributed by atoms with E-state index >= 15 is 0 Å². The van der Waals surface area contributed by atoms with Gasteiger partial charge in [-0.15, -0.1) is 0 Å². The Morgan fingerprint density at radius 1 is 1.29 bits per heavy atom. The molecule has 0 saturated carbocycles. The zero-order chi connectivity index (χ0) is 12.4.